The van der Waals surface area contributed by atoms with Gasteiger partial charge in [-0.2, -0.15) is 0 Å². The zero-order valence-corrected chi connectivity index (χ0v) is 17.5. The molecule has 1 aromatic carbocycles. The Morgan fingerprint density at radius 1 is 1.25 bits per heavy atom. The van der Waals surface area contributed by atoms with Gasteiger partial charge in [0.05, 0.1) is 22.5 Å². The lowest BCUT2D eigenvalue weighted by atomic mass is 10.2. The monoisotopic (exact) mass is 428 g/mol. The first kappa shape index (κ1) is 19.0. The molecule has 0 spiro atoms. The molecule has 0 saturated carbocycles. The second kappa shape index (κ2) is 8.34. The molecule has 0 bridgehead atoms. The zero-order valence-electron chi connectivity index (χ0n) is 15.1. The van der Waals surface area contributed by atoms with Gasteiger partial charge in [-0.25, -0.2) is 4.98 Å². The number of thiazole rings is 1. The van der Waals surface area contributed by atoms with E-state index in [9.17, 15) is 0 Å². The minimum absolute atomic E-state index is 0.622. The third-order valence-corrected chi connectivity index (χ3v) is 6.39. The average Bonchev–Trinajstić information content (AvgIpc) is 3.41. The summed E-state index contributed by atoms with van der Waals surface area (Å²) in [6.07, 6.45) is 3.50. The lowest BCUT2D eigenvalue weighted by Gasteiger charge is -2.06. The van der Waals surface area contributed by atoms with E-state index in [2.05, 4.69) is 22.2 Å². The number of hydrogen-bond donors (Lipinski definition) is 0. The van der Waals surface area contributed by atoms with Crippen molar-refractivity contribution in [1.82, 2.24) is 19.7 Å². The summed E-state index contributed by atoms with van der Waals surface area (Å²) in [5.74, 6) is 2.29. The van der Waals surface area contributed by atoms with Crippen LogP contribution in [0, 0.1) is 6.92 Å². The van der Waals surface area contributed by atoms with Gasteiger partial charge in [-0.15, -0.1) is 28.1 Å². The first-order valence-electron chi connectivity index (χ1n) is 8.58. The quantitative estimate of drug-likeness (QED) is 0.263. The van der Waals surface area contributed by atoms with Gasteiger partial charge in [0.2, 0.25) is 0 Å². The van der Waals surface area contributed by atoms with Crippen LogP contribution in [0.1, 0.15) is 11.5 Å². The molecule has 4 rings (SSSR count). The van der Waals surface area contributed by atoms with Crippen molar-refractivity contribution in [2.45, 2.75) is 24.4 Å². The molecule has 0 aliphatic carbocycles. The van der Waals surface area contributed by atoms with E-state index < -0.39 is 0 Å². The Kier molecular flexibility index (Phi) is 5.66. The molecule has 0 saturated heterocycles. The van der Waals surface area contributed by atoms with Crippen molar-refractivity contribution < 1.29 is 4.42 Å². The third kappa shape index (κ3) is 3.78. The molecule has 4 aromatic rings. The largest absolute Gasteiger partial charge is 0.469 e. The van der Waals surface area contributed by atoms with E-state index in [1.165, 1.54) is 0 Å². The number of halogens is 1. The minimum atomic E-state index is 0.622. The fourth-order valence-corrected chi connectivity index (χ4v) is 4.86. The maximum atomic E-state index is 6.28. The summed E-state index contributed by atoms with van der Waals surface area (Å²) >= 11 is 9.47. The molecule has 0 radical (unpaired) electrons. The number of allylic oxidation sites excluding steroid dienone is 1. The van der Waals surface area contributed by atoms with E-state index in [0.29, 0.717) is 17.3 Å². The molecule has 0 fully saturated rings. The second-order valence-electron chi connectivity index (χ2n) is 6.01. The number of rotatable bonds is 7. The van der Waals surface area contributed by atoms with Gasteiger partial charge in [0.15, 0.2) is 11.0 Å². The lowest BCUT2D eigenvalue weighted by molar-refractivity contribution is 0.534. The molecule has 3 aromatic heterocycles. The zero-order chi connectivity index (χ0) is 19.5. The Labute approximate surface area is 176 Å². The first-order chi connectivity index (χ1) is 13.7. The van der Waals surface area contributed by atoms with Crippen molar-refractivity contribution in [3.63, 3.8) is 0 Å². The van der Waals surface area contributed by atoms with Crippen LogP contribution in [0.2, 0.25) is 5.02 Å². The van der Waals surface area contributed by atoms with Crippen molar-refractivity contribution in [1.29, 1.82) is 0 Å². The van der Waals surface area contributed by atoms with Gasteiger partial charge in [-0.1, -0.05) is 47.6 Å². The van der Waals surface area contributed by atoms with E-state index >= 15 is 0 Å². The van der Waals surface area contributed by atoms with E-state index in [1.807, 2.05) is 47.9 Å². The van der Waals surface area contributed by atoms with Crippen molar-refractivity contribution in [3.05, 3.63) is 71.1 Å². The van der Waals surface area contributed by atoms with Crippen LogP contribution in [0.15, 0.2) is 64.2 Å². The van der Waals surface area contributed by atoms with Crippen LogP contribution in [0.3, 0.4) is 0 Å². The van der Waals surface area contributed by atoms with E-state index in [-0.39, 0.29) is 0 Å². The molecule has 5 nitrogen and oxygen atoms in total. The van der Waals surface area contributed by atoms with Gasteiger partial charge in [-0.05, 0) is 19.1 Å². The second-order valence-corrected chi connectivity index (χ2v) is 8.22. The fraction of sp³-hybridized carbons (Fsp3) is 0.150. The van der Waals surface area contributed by atoms with Crippen LogP contribution in [0.25, 0.3) is 22.0 Å². The number of aryl methyl sites for hydroxylation is 1. The van der Waals surface area contributed by atoms with Crippen molar-refractivity contribution >= 4 is 34.7 Å². The molecule has 0 atom stereocenters. The van der Waals surface area contributed by atoms with Crippen LogP contribution < -0.4 is 0 Å². The molecule has 3 heterocycles. The first-order valence-corrected chi connectivity index (χ1v) is 10.8. The number of furan rings is 1. The normalized spacial score (nSPS) is 11.1. The SMILES string of the molecule is C=CCn1c(SCc2csc(-c3ccccc3Cl)n2)nnc1-c1ccoc1C. The molecule has 0 aliphatic rings. The van der Waals surface area contributed by atoms with Gasteiger partial charge in [0, 0.05) is 23.2 Å². The highest BCUT2D eigenvalue weighted by Gasteiger charge is 2.17. The van der Waals surface area contributed by atoms with Gasteiger partial charge in [0.1, 0.15) is 10.8 Å². The van der Waals surface area contributed by atoms with Crippen molar-refractivity contribution in [2.75, 3.05) is 0 Å². The number of thioether (sulfide) groups is 1. The number of benzene rings is 1. The molecule has 28 heavy (non-hydrogen) atoms. The molecule has 0 unspecified atom stereocenters. The Hall–Kier alpha value is -2.35. The lowest BCUT2D eigenvalue weighted by Crippen LogP contribution is -2.00. The summed E-state index contributed by atoms with van der Waals surface area (Å²) < 4.78 is 7.45. The summed E-state index contributed by atoms with van der Waals surface area (Å²) in [7, 11) is 0. The van der Waals surface area contributed by atoms with E-state index in [0.717, 1.165) is 38.6 Å². The topological polar surface area (TPSA) is 56.7 Å². The van der Waals surface area contributed by atoms with Crippen molar-refractivity contribution in [2.24, 2.45) is 0 Å². The Morgan fingerprint density at radius 3 is 2.86 bits per heavy atom. The van der Waals surface area contributed by atoms with Crippen LogP contribution in [0.5, 0.6) is 0 Å². The molecular formula is C20H17ClN4OS2. The van der Waals surface area contributed by atoms with Gasteiger partial charge >= 0.3 is 0 Å². The highest BCUT2D eigenvalue weighted by atomic mass is 35.5. The Balaban J connectivity index is 1.54. The highest BCUT2D eigenvalue weighted by molar-refractivity contribution is 7.98. The minimum Gasteiger partial charge on any atom is -0.469 e. The Bertz CT molecular complexity index is 1120. The molecule has 8 heteroatoms. The smallest absolute Gasteiger partial charge is 0.192 e. The summed E-state index contributed by atoms with van der Waals surface area (Å²) in [6, 6.07) is 9.65. The summed E-state index contributed by atoms with van der Waals surface area (Å²) in [6.45, 7) is 6.39. The van der Waals surface area contributed by atoms with Crippen LogP contribution >= 0.6 is 34.7 Å². The van der Waals surface area contributed by atoms with E-state index in [4.69, 9.17) is 21.0 Å². The van der Waals surface area contributed by atoms with Gasteiger partial charge in [0.25, 0.3) is 0 Å². The predicted molar refractivity (Wildman–Crippen MR) is 115 cm³/mol. The predicted octanol–water partition coefficient (Wildman–Crippen LogP) is 6.10. The maximum absolute atomic E-state index is 6.28. The molecule has 142 valence electrons. The number of hydrogen-bond acceptors (Lipinski definition) is 6. The number of aromatic nitrogens is 4. The molecule has 0 amide bonds. The van der Waals surface area contributed by atoms with Crippen molar-refractivity contribution in [3.8, 4) is 22.0 Å². The van der Waals surface area contributed by atoms with Crippen LogP contribution in [-0.2, 0) is 12.3 Å². The van der Waals surface area contributed by atoms with Crippen LogP contribution in [0.4, 0.5) is 0 Å². The molecular weight excluding hydrogens is 412 g/mol. The van der Waals surface area contributed by atoms with E-state index in [1.54, 1.807) is 29.4 Å². The van der Waals surface area contributed by atoms with Crippen LogP contribution in [-0.4, -0.2) is 19.7 Å². The standard InChI is InChI=1S/C20H17ClN4OS2/c1-3-9-25-18(15-8-10-26-13(15)2)23-24-20(25)28-12-14-11-27-19(22-14)16-6-4-5-7-17(16)21/h3-8,10-11H,1,9,12H2,2H3. The Morgan fingerprint density at radius 2 is 2.11 bits per heavy atom. The summed E-state index contributed by atoms with van der Waals surface area (Å²) in [4.78, 5) is 4.72. The third-order valence-electron chi connectivity index (χ3n) is 4.13. The van der Waals surface area contributed by atoms with Gasteiger partial charge < -0.3 is 4.42 Å². The highest BCUT2D eigenvalue weighted by Crippen LogP contribution is 2.33. The fourth-order valence-electron chi connectivity index (χ4n) is 2.78. The molecule has 0 aliphatic heterocycles. The van der Waals surface area contributed by atoms with Gasteiger partial charge in [-0.3, -0.25) is 4.57 Å². The summed E-state index contributed by atoms with van der Waals surface area (Å²) in [5, 5.41) is 13.2. The number of nitrogens with zero attached hydrogens (tertiary/aromatic N) is 4. The molecule has 0 N–H and O–H groups in total. The average molecular weight is 429 g/mol. The maximum Gasteiger partial charge on any atom is 0.192 e. The summed E-state index contributed by atoms with van der Waals surface area (Å²) in [5.41, 5.74) is 2.88.